The van der Waals surface area contributed by atoms with E-state index >= 15 is 0 Å². The Bertz CT molecular complexity index is 1200. The van der Waals surface area contributed by atoms with Crippen LogP contribution in [0.1, 0.15) is 21.5 Å². The number of hydrogen-bond acceptors (Lipinski definition) is 5. The van der Waals surface area contributed by atoms with Crippen LogP contribution in [0.5, 0.6) is 17.2 Å². The SMILES string of the molecule is COc1cccc(CN(CCc2ccccc2F)C(=O)COc2ccc(Cl)cc2C(=O)O)c1OC. The third-order valence-corrected chi connectivity index (χ3v) is 5.57. The first-order valence-corrected chi connectivity index (χ1v) is 11.1. The second-order valence-electron chi connectivity index (χ2n) is 7.54. The van der Waals surface area contributed by atoms with Gasteiger partial charge in [-0.25, -0.2) is 9.18 Å². The topological polar surface area (TPSA) is 85.3 Å². The Kier molecular flexibility index (Phi) is 8.92. The first-order chi connectivity index (χ1) is 16.8. The molecule has 0 unspecified atom stereocenters. The number of carbonyl (C=O) groups excluding carboxylic acids is 1. The molecule has 7 nitrogen and oxygen atoms in total. The van der Waals surface area contributed by atoms with Gasteiger partial charge in [0.2, 0.25) is 0 Å². The van der Waals surface area contributed by atoms with Crippen molar-refractivity contribution in [2.24, 2.45) is 0 Å². The largest absolute Gasteiger partial charge is 0.493 e. The van der Waals surface area contributed by atoms with Gasteiger partial charge in [-0.2, -0.15) is 0 Å². The van der Waals surface area contributed by atoms with Crippen LogP contribution in [0.3, 0.4) is 0 Å². The molecular weight excluding hydrogens is 477 g/mol. The van der Waals surface area contributed by atoms with Crippen molar-refractivity contribution in [1.29, 1.82) is 0 Å². The molecule has 184 valence electrons. The second kappa shape index (κ2) is 12.1. The zero-order valence-corrected chi connectivity index (χ0v) is 20.0. The molecule has 3 aromatic carbocycles. The average Bonchev–Trinajstić information content (AvgIpc) is 2.85. The van der Waals surface area contributed by atoms with Crippen LogP contribution in [-0.4, -0.2) is 49.3 Å². The number of benzene rings is 3. The molecule has 0 spiro atoms. The van der Waals surface area contributed by atoms with Crippen molar-refractivity contribution in [3.8, 4) is 17.2 Å². The lowest BCUT2D eigenvalue weighted by molar-refractivity contribution is -0.134. The number of rotatable bonds is 11. The number of ether oxygens (including phenoxy) is 3. The Balaban J connectivity index is 1.83. The lowest BCUT2D eigenvalue weighted by Crippen LogP contribution is -2.36. The highest BCUT2D eigenvalue weighted by atomic mass is 35.5. The number of carbonyl (C=O) groups is 2. The summed E-state index contributed by atoms with van der Waals surface area (Å²) in [6.45, 7) is -0.0925. The zero-order valence-electron chi connectivity index (χ0n) is 19.3. The summed E-state index contributed by atoms with van der Waals surface area (Å²) in [5.74, 6) is -1.00. The molecule has 9 heteroatoms. The zero-order chi connectivity index (χ0) is 25.4. The van der Waals surface area contributed by atoms with Crippen molar-refractivity contribution in [2.75, 3.05) is 27.4 Å². The standard InChI is InChI=1S/C26H25ClFNO6/c1-33-23-9-5-7-18(25(23)34-2)15-29(13-12-17-6-3-4-8-21(17)28)24(30)16-35-22-11-10-19(27)14-20(22)26(31)32/h3-11,14H,12-13,15-16H2,1-2H3,(H,31,32). The second-order valence-corrected chi connectivity index (χ2v) is 7.98. The van der Waals surface area contributed by atoms with Crippen molar-refractivity contribution in [1.82, 2.24) is 4.90 Å². The molecule has 0 aliphatic heterocycles. The Morgan fingerprint density at radius 1 is 0.971 bits per heavy atom. The van der Waals surface area contributed by atoms with Gasteiger partial charge in [-0.3, -0.25) is 4.79 Å². The summed E-state index contributed by atoms with van der Waals surface area (Å²) in [4.78, 5) is 26.2. The van der Waals surface area contributed by atoms with Crippen LogP contribution in [0.25, 0.3) is 0 Å². The smallest absolute Gasteiger partial charge is 0.339 e. The Morgan fingerprint density at radius 2 is 1.71 bits per heavy atom. The highest BCUT2D eigenvalue weighted by Crippen LogP contribution is 2.31. The van der Waals surface area contributed by atoms with Gasteiger partial charge in [0.1, 0.15) is 17.1 Å². The fourth-order valence-corrected chi connectivity index (χ4v) is 3.73. The molecule has 3 aromatic rings. The summed E-state index contributed by atoms with van der Waals surface area (Å²) in [5.41, 5.74) is 0.999. The van der Waals surface area contributed by atoms with E-state index in [2.05, 4.69) is 0 Å². The molecule has 0 bridgehead atoms. The fourth-order valence-electron chi connectivity index (χ4n) is 3.56. The van der Waals surface area contributed by atoms with Gasteiger partial charge in [0, 0.05) is 23.7 Å². The van der Waals surface area contributed by atoms with Crippen LogP contribution >= 0.6 is 11.6 Å². The highest BCUT2D eigenvalue weighted by molar-refractivity contribution is 6.31. The minimum atomic E-state index is -1.23. The maximum Gasteiger partial charge on any atom is 0.339 e. The normalized spacial score (nSPS) is 10.5. The summed E-state index contributed by atoms with van der Waals surface area (Å²) in [7, 11) is 3.02. The van der Waals surface area contributed by atoms with Crippen molar-refractivity contribution < 1.29 is 33.3 Å². The van der Waals surface area contributed by atoms with Crippen molar-refractivity contribution in [3.05, 3.63) is 88.2 Å². The van der Waals surface area contributed by atoms with Crippen LogP contribution in [-0.2, 0) is 17.8 Å². The Hall–Kier alpha value is -3.78. The monoisotopic (exact) mass is 501 g/mol. The van der Waals surface area contributed by atoms with E-state index in [0.29, 0.717) is 22.6 Å². The number of para-hydroxylation sites is 1. The van der Waals surface area contributed by atoms with Gasteiger partial charge in [-0.05, 0) is 42.3 Å². The maximum absolute atomic E-state index is 14.2. The molecule has 1 amide bonds. The van der Waals surface area contributed by atoms with Gasteiger partial charge < -0.3 is 24.2 Å². The van der Waals surface area contributed by atoms with E-state index in [1.165, 1.54) is 43.4 Å². The van der Waals surface area contributed by atoms with Gasteiger partial charge in [-0.15, -0.1) is 0 Å². The van der Waals surface area contributed by atoms with Gasteiger partial charge >= 0.3 is 5.97 Å². The molecule has 0 saturated heterocycles. The first-order valence-electron chi connectivity index (χ1n) is 10.7. The number of amides is 1. The number of halogens is 2. The first kappa shape index (κ1) is 25.8. The summed E-state index contributed by atoms with van der Waals surface area (Å²) >= 11 is 5.88. The summed E-state index contributed by atoms with van der Waals surface area (Å²) in [6.07, 6.45) is 0.270. The molecule has 0 radical (unpaired) electrons. The van der Waals surface area contributed by atoms with Crippen LogP contribution < -0.4 is 14.2 Å². The van der Waals surface area contributed by atoms with Crippen molar-refractivity contribution >= 4 is 23.5 Å². The predicted octanol–water partition coefficient (Wildman–Crippen LogP) is 4.84. The summed E-state index contributed by atoms with van der Waals surface area (Å²) < 4.78 is 30.6. The molecule has 35 heavy (non-hydrogen) atoms. The Labute approximate surface area is 207 Å². The Morgan fingerprint density at radius 3 is 2.40 bits per heavy atom. The number of nitrogens with zero attached hydrogens (tertiary/aromatic N) is 1. The van der Waals surface area contributed by atoms with Crippen LogP contribution in [0, 0.1) is 5.82 Å². The lowest BCUT2D eigenvalue weighted by Gasteiger charge is -2.25. The molecule has 0 aliphatic carbocycles. The van der Waals surface area contributed by atoms with Gasteiger partial charge in [0.15, 0.2) is 18.1 Å². The maximum atomic E-state index is 14.2. The third kappa shape index (κ3) is 6.64. The van der Waals surface area contributed by atoms with Crippen LogP contribution in [0.15, 0.2) is 60.7 Å². The number of carboxylic acid groups (broad SMARTS) is 1. The minimum Gasteiger partial charge on any atom is -0.493 e. The molecule has 3 rings (SSSR count). The van der Waals surface area contributed by atoms with E-state index in [9.17, 15) is 19.1 Å². The highest BCUT2D eigenvalue weighted by Gasteiger charge is 2.21. The molecule has 0 heterocycles. The van der Waals surface area contributed by atoms with Crippen LogP contribution in [0.4, 0.5) is 4.39 Å². The minimum absolute atomic E-state index is 0.0169. The van der Waals surface area contributed by atoms with Crippen molar-refractivity contribution in [2.45, 2.75) is 13.0 Å². The number of hydrogen-bond donors (Lipinski definition) is 1. The van der Waals surface area contributed by atoms with E-state index in [1.807, 2.05) is 0 Å². The third-order valence-electron chi connectivity index (χ3n) is 5.33. The molecule has 0 fully saturated rings. The summed E-state index contributed by atoms with van der Waals surface area (Å²) in [5, 5.41) is 9.64. The van der Waals surface area contributed by atoms with Gasteiger partial charge in [0.05, 0.1) is 14.2 Å². The van der Waals surface area contributed by atoms with Gasteiger partial charge in [0.25, 0.3) is 5.91 Å². The average molecular weight is 502 g/mol. The fraction of sp³-hybridized carbons (Fsp3) is 0.231. The van der Waals surface area contributed by atoms with E-state index in [4.69, 9.17) is 25.8 Å². The molecule has 0 atom stereocenters. The number of methoxy groups -OCH3 is 2. The predicted molar refractivity (Wildman–Crippen MR) is 129 cm³/mol. The van der Waals surface area contributed by atoms with E-state index in [1.54, 1.807) is 36.4 Å². The molecule has 0 aliphatic rings. The molecule has 1 N–H and O–H groups in total. The molecule has 0 aromatic heterocycles. The van der Waals surface area contributed by atoms with E-state index in [0.717, 1.165) is 0 Å². The molecule has 0 saturated carbocycles. The van der Waals surface area contributed by atoms with Gasteiger partial charge in [-0.1, -0.05) is 41.9 Å². The number of carboxylic acids is 1. The quantitative estimate of drug-likeness (QED) is 0.404. The molecular formula is C26H25ClFNO6. The van der Waals surface area contributed by atoms with E-state index < -0.39 is 18.5 Å². The lowest BCUT2D eigenvalue weighted by atomic mass is 10.1. The van der Waals surface area contributed by atoms with Crippen LogP contribution in [0.2, 0.25) is 5.02 Å². The van der Waals surface area contributed by atoms with Crippen molar-refractivity contribution in [3.63, 3.8) is 0 Å². The number of aromatic carboxylic acids is 1. The van der Waals surface area contributed by atoms with E-state index in [-0.39, 0.29) is 41.7 Å². The summed E-state index contributed by atoms with van der Waals surface area (Å²) in [6, 6.07) is 15.8.